The second kappa shape index (κ2) is 5.87. The number of hydrogen-bond donors (Lipinski definition) is 1. The highest BCUT2D eigenvalue weighted by atomic mass is 16.3. The molecule has 0 saturated carbocycles. The third-order valence-corrected chi connectivity index (χ3v) is 3.02. The number of nitrogens with one attached hydrogen (secondary N) is 1. The van der Waals surface area contributed by atoms with Crippen molar-refractivity contribution in [1.82, 2.24) is 9.97 Å². The van der Waals surface area contributed by atoms with Crippen molar-refractivity contribution in [3.05, 3.63) is 30.0 Å². The highest BCUT2D eigenvalue weighted by Gasteiger charge is 2.14. The maximum absolute atomic E-state index is 5.16. The van der Waals surface area contributed by atoms with Crippen molar-refractivity contribution in [1.29, 1.82) is 0 Å². The Morgan fingerprint density at radius 1 is 1.32 bits per heavy atom. The molecule has 0 unspecified atom stereocenters. The lowest BCUT2D eigenvalue weighted by Crippen LogP contribution is -2.09. The monoisotopic (exact) mass is 259 g/mol. The molecule has 4 nitrogen and oxygen atoms in total. The van der Waals surface area contributed by atoms with Crippen molar-refractivity contribution in [3.63, 3.8) is 0 Å². The van der Waals surface area contributed by atoms with Gasteiger partial charge in [-0.3, -0.25) is 0 Å². The molecular formula is C15H21N3O. The molecule has 0 amide bonds. The fourth-order valence-corrected chi connectivity index (χ4v) is 1.89. The second-order valence-corrected chi connectivity index (χ2v) is 5.00. The Morgan fingerprint density at radius 2 is 2.11 bits per heavy atom. The van der Waals surface area contributed by atoms with E-state index in [1.165, 1.54) is 0 Å². The number of hydrogen-bond acceptors (Lipinski definition) is 4. The molecule has 0 aliphatic carbocycles. The summed E-state index contributed by atoms with van der Waals surface area (Å²) in [7, 11) is 0. The third-order valence-electron chi connectivity index (χ3n) is 3.02. The first-order chi connectivity index (χ1) is 9.13. The van der Waals surface area contributed by atoms with E-state index >= 15 is 0 Å². The Labute approximate surface area is 114 Å². The first-order valence-corrected chi connectivity index (χ1v) is 6.78. The summed E-state index contributed by atoms with van der Waals surface area (Å²) in [5, 5.41) is 3.38. The zero-order chi connectivity index (χ0) is 13.8. The van der Waals surface area contributed by atoms with Crippen LogP contribution in [0.5, 0.6) is 0 Å². The Kier molecular flexibility index (Phi) is 4.20. The van der Waals surface area contributed by atoms with Gasteiger partial charge in [0.05, 0.1) is 18.2 Å². The summed E-state index contributed by atoms with van der Waals surface area (Å²) in [4.78, 5) is 9.30. The van der Waals surface area contributed by atoms with E-state index < -0.39 is 0 Å². The molecule has 0 aliphatic heterocycles. The first kappa shape index (κ1) is 13.6. The lowest BCUT2D eigenvalue weighted by Gasteiger charge is -2.14. The smallest absolute Gasteiger partial charge is 0.133 e. The van der Waals surface area contributed by atoms with Crippen molar-refractivity contribution < 1.29 is 4.42 Å². The molecule has 2 heterocycles. The fraction of sp³-hybridized carbons (Fsp3) is 0.467. The van der Waals surface area contributed by atoms with Crippen LogP contribution in [-0.4, -0.2) is 16.5 Å². The summed E-state index contributed by atoms with van der Waals surface area (Å²) >= 11 is 0. The van der Waals surface area contributed by atoms with Crippen LogP contribution in [0.25, 0.3) is 11.3 Å². The van der Waals surface area contributed by atoms with Crippen LogP contribution in [0.15, 0.2) is 23.0 Å². The first-order valence-electron chi connectivity index (χ1n) is 6.78. The molecule has 0 saturated heterocycles. The van der Waals surface area contributed by atoms with Crippen molar-refractivity contribution in [2.45, 2.75) is 40.0 Å². The zero-order valence-corrected chi connectivity index (χ0v) is 12.0. The minimum Gasteiger partial charge on any atom is -0.472 e. The van der Waals surface area contributed by atoms with E-state index in [1.54, 1.807) is 12.5 Å². The standard InChI is InChI=1S/C15H21N3O/c1-5-7-16-15-11(4)13(12-6-8-19-9-12)17-14(18-15)10(2)3/h6,8-10H,5,7H2,1-4H3,(H,16,17,18). The molecule has 0 aliphatic rings. The van der Waals surface area contributed by atoms with Crippen molar-refractivity contribution in [2.24, 2.45) is 0 Å². The van der Waals surface area contributed by atoms with Crippen LogP contribution in [0, 0.1) is 6.92 Å². The van der Waals surface area contributed by atoms with Gasteiger partial charge in [0, 0.05) is 23.6 Å². The predicted molar refractivity (Wildman–Crippen MR) is 77.3 cm³/mol. The highest BCUT2D eigenvalue weighted by molar-refractivity contribution is 5.67. The number of aromatic nitrogens is 2. The molecule has 1 N–H and O–H groups in total. The van der Waals surface area contributed by atoms with Crippen molar-refractivity contribution in [2.75, 3.05) is 11.9 Å². The summed E-state index contributed by atoms with van der Waals surface area (Å²) < 4.78 is 5.16. The van der Waals surface area contributed by atoms with Crippen LogP contribution in [-0.2, 0) is 0 Å². The Bertz CT molecular complexity index is 533. The van der Waals surface area contributed by atoms with Crippen LogP contribution < -0.4 is 5.32 Å². The lowest BCUT2D eigenvalue weighted by molar-refractivity contribution is 0.568. The van der Waals surface area contributed by atoms with E-state index in [1.807, 2.05) is 13.0 Å². The minimum absolute atomic E-state index is 0.299. The molecule has 0 aromatic carbocycles. The van der Waals surface area contributed by atoms with Crippen LogP contribution in [0.2, 0.25) is 0 Å². The average molecular weight is 259 g/mol. The van der Waals surface area contributed by atoms with E-state index in [-0.39, 0.29) is 0 Å². The SMILES string of the molecule is CCCNc1nc(C(C)C)nc(-c2ccoc2)c1C. The summed E-state index contributed by atoms with van der Waals surface area (Å²) in [6.07, 6.45) is 4.47. The zero-order valence-electron chi connectivity index (χ0n) is 12.0. The van der Waals surface area contributed by atoms with Crippen molar-refractivity contribution in [3.8, 4) is 11.3 Å². The molecule has 0 atom stereocenters. The van der Waals surface area contributed by atoms with Crippen LogP contribution in [0.3, 0.4) is 0 Å². The molecule has 2 aromatic heterocycles. The van der Waals surface area contributed by atoms with Gasteiger partial charge in [-0.05, 0) is 19.4 Å². The Balaban J connectivity index is 2.49. The highest BCUT2D eigenvalue weighted by Crippen LogP contribution is 2.27. The number of nitrogens with zero attached hydrogens (tertiary/aromatic N) is 2. The summed E-state index contributed by atoms with van der Waals surface area (Å²) in [5.74, 6) is 2.09. The van der Waals surface area contributed by atoms with Gasteiger partial charge < -0.3 is 9.73 Å². The average Bonchev–Trinajstić information content (AvgIpc) is 2.91. The molecular weight excluding hydrogens is 238 g/mol. The molecule has 102 valence electrons. The molecule has 0 radical (unpaired) electrons. The molecule has 0 spiro atoms. The van der Waals surface area contributed by atoms with Gasteiger partial charge in [-0.15, -0.1) is 0 Å². The third kappa shape index (κ3) is 2.95. The minimum atomic E-state index is 0.299. The van der Waals surface area contributed by atoms with E-state index in [0.29, 0.717) is 5.92 Å². The van der Waals surface area contributed by atoms with Gasteiger partial charge in [-0.2, -0.15) is 0 Å². The van der Waals surface area contributed by atoms with Gasteiger partial charge in [0.1, 0.15) is 11.6 Å². The topological polar surface area (TPSA) is 51.0 Å². The lowest BCUT2D eigenvalue weighted by atomic mass is 10.1. The quantitative estimate of drug-likeness (QED) is 0.882. The van der Waals surface area contributed by atoms with Gasteiger partial charge in [0.15, 0.2) is 0 Å². The number of anilines is 1. The van der Waals surface area contributed by atoms with Crippen LogP contribution in [0.1, 0.15) is 44.5 Å². The fourth-order valence-electron chi connectivity index (χ4n) is 1.89. The molecule has 0 fully saturated rings. The summed E-state index contributed by atoms with van der Waals surface area (Å²) in [6.45, 7) is 9.31. The van der Waals surface area contributed by atoms with Crippen LogP contribution >= 0.6 is 0 Å². The van der Waals surface area contributed by atoms with Gasteiger partial charge >= 0.3 is 0 Å². The van der Waals surface area contributed by atoms with Crippen LogP contribution in [0.4, 0.5) is 5.82 Å². The molecule has 2 rings (SSSR count). The Hall–Kier alpha value is -1.84. The Morgan fingerprint density at radius 3 is 2.68 bits per heavy atom. The van der Waals surface area contributed by atoms with E-state index in [2.05, 4.69) is 36.1 Å². The molecule has 4 heteroatoms. The molecule has 0 bridgehead atoms. The van der Waals surface area contributed by atoms with Gasteiger partial charge in [0.2, 0.25) is 0 Å². The number of furan rings is 1. The van der Waals surface area contributed by atoms with Crippen molar-refractivity contribution >= 4 is 5.82 Å². The normalized spacial score (nSPS) is 11.0. The largest absolute Gasteiger partial charge is 0.472 e. The van der Waals surface area contributed by atoms with E-state index in [4.69, 9.17) is 4.42 Å². The van der Waals surface area contributed by atoms with E-state index in [9.17, 15) is 0 Å². The maximum Gasteiger partial charge on any atom is 0.133 e. The van der Waals surface area contributed by atoms with E-state index in [0.717, 1.165) is 41.4 Å². The number of rotatable bonds is 5. The van der Waals surface area contributed by atoms with Gasteiger partial charge in [-0.25, -0.2) is 9.97 Å². The molecule has 2 aromatic rings. The summed E-state index contributed by atoms with van der Waals surface area (Å²) in [5.41, 5.74) is 3.02. The summed E-state index contributed by atoms with van der Waals surface area (Å²) in [6, 6.07) is 1.93. The molecule has 19 heavy (non-hydrogen) atoms. The van der Waals surface area contributed by atoms with Gasteiger partial charge in [-0.1, -0.05) is 20.8 Å². The second-order valence-electron chi connectivity index (χ2n) is 5.00. The van der Waals surface area contributed by atoms with Gasteiger partial charge in [0.25, 0.3) is 0 Å². The maximum atomic E-state index is 5.16. The predicted octanol–water partition coefficient (Wildman–Crippen LogP) is 3.99.